The summed E-state index contributed by atoms with van der Waals surface area (Å²) in [5.41, 5.74) is 0. The summed E-state index contributed by atoms with van der Waals surface area (Å²) in [6.07, 6.45) is 2.43. The van der Waals surface area contributed by atoms with E-state index in [4.69, 9.17) is 0 Å². The molecule has 0 N–H and O–H groups in total. The van der Waals surface area contributed by atoms with Crippen molar-refractivity contribution in [3.8, 4) is 0 Å². The summed E-state index contributed by atoms with van der Waals surface area (Å²) >= 11 is 0. The highest BCUT2D eigenvalue weighted by Crippen LogP contribution is 2.18. The van der Waals surface area contributed by atoms with Crippen molar-refractivity contribution in [2.45, 2.75) is 25.8 Å². The molecule has 16 heavy (non-hydrogen) atoms. The molecule has 0 unspecified atom stereocenters. The molecule has 0 aliphatic heterocycles. The fourth-order valence-corrected chi connectivity index (χ4v) is 1.77. The summed E-state index contributed by atoms with van der Waals surface area (Å²) in [6.45, 7) is -0.130. The first-order valence-electron chi connectivity index (χ1n) is 4.97. The second kappa shape index (κ2) is 4.30. The van der Waals surface area contributed by atoms with Gasteiger partial charge in [-0.1, -0.05) is 0 Å². The number of tetrazole rings is 1. The highest BCUT2D eigenvalue weighted by molar-refractivity contribution is 6.20. The lowest BCUT2D eigenvalue weighted by molar-refractivity contribution is -0.142. The summed E-state index contributed by atoms with van der Waals surface area (Å²) in [6, 6.07) is 0. The van der Waals surface area contributed by atoms with Crippen LogP contribution in [0.1, 0.15) is 19.3 Å². The molecule has 1 fully saturated rings. The first-order chi connectivity index (χ1) is 7.68. The smallest absolute Gasteiger partial charge is 0.172 e. The Bertz CT molecular complexity index is 410. The fraction of sp³-hybridized carbons (Fsp3) is 0.556. The number of hydrogen-bond acceptors (Lipinski definition) is 6. The molecule has 0 bridgehead atoms. The van der Waals surface area contributed by atoms with Crippen LogP contribution in [0.3, 0.4) is 0 Å². The van der Waals surface area contributed by atoms with Gasteiger partial charge in [-0.25, -0.2) is 4.68 Å². The molecular formula is C9H10N4O3. The second-order valence-electron chi connectivity index (χ2n) is 3.69. The van der Waals surface area contributed by atoms with Crippen molar-refractivity contribution in [2.75, 3.05) is 0 Å². The van der Waals surface area contributed by atoms with Gasteiger partial charge in [-0.3, -0.25) is 14.4 Å². The Morgan fingerprint density at radius 2 is 2.06 bits per heavy atom. The molecule has 84 valence electrons. The van der Waals surface area contributed by atoms with E-state index in [2.05, 4.69) is 15.5 Å². The van der Waals surface area contributed by atoms with Gasteiger partial charge in [-0.15, -0.1) is 5.10 Å². The first kappa shape index (κ1) is 10.6. The van der Waals surface area contributed by atoms with Gasteiger partial charge in [0.2, 0.25) is 0 Å². The molecule has 1 aliphatic carbocycles. The maximum Gasteiger partial charge on any atom is 0.172 e. The van der Waals surface area contributed by atoms with Crippen LogP contribution in [-0.2, 0) is 20.9 Å². The van der Waals surface area contributed by atoms with Gasteiger partial charge in [0.05, 0.1) is 0 Å². The number of carbonyl (C=O) groups is 3. The average Bonchev–Trinajstić information content (AvgIpc) is 2.70. The topological polar surface area (TPSA) is 94.8 Å². The van der Waals surface area contributed by atoms with Gasteiger partial charge < -0.3 is 0 Å². The van der Waals surface area contributed by atoms with Gasteiger partial charge in [0.1, 0.15) is 18.8 Å². The Morgan fingerprint density at radius 3 is 2.62 bits per heavy atom. The zero-order valence-corrected chi connectivity index (χ0v) is 8.50. The van der Waals surface area contributed by atoms with E-state index in [-0.39, 0.29) is 18.1 Å². The van der Waals surface area contributed by atoms with Crippen LogP contribution in [0, 0.1) is 5.92 Å². The van der Waals surface area contributed by atoms with Crippen molar-refractivity contribution in [2.24, 2.45) is 5.92 Å². The highest BCUT2D eigenvalue weighted by Gasteiger charge is 2.35. The van der Waals surface area contributed by atoms with E-state index in [0.29, 0.717) is 19.3 Å². The van der Waals surface area contributed by atoms with E-state index in [9.17, 15) is 14.4 Å². The number of nitrogens with zero attached hydrogens (tertiary/aromatic N) is 4. The lowest BCUT2D eigenvalue weighted by Crippen LogP contribution is -2.37. The Balaban J connectivity index is 2.08. The standard InChI is InChI=1S/C9H10N4O3/c14-6-2-1-3-7(15)9(6)8(16)4-13-5-10-11-12-13/h5,9H,1-4H2. The third-order valence-electron chi connectivity index (χ3n) is 2.52. The molecule has 0 atom stereocenters. The number of hydrogen-bond donors (Lipinski definition) is 0. The zero-order valence-electron chi connectivity index (χ0n) is 8.50. The number of Topliss-reactive ketones (excluding diaryl/α,β-unsaturated/α-hetero) is 3. The number of ketones is 3. The van der Waals surface area contributed by atoms with Crippen molar-refractivity contribution in [1.82, 2.24) is 20.2 Å². The van der Waals surface area contributed by atoms with E-state index in [1.54, 1.807) is 0 Å². The largest absolute Gasteiger partial charge is 0.298 e. The van der Waals surface area contributed by atoms with Crippen molar-refractivity contribution >= 4 is 17.3 Å². The molecule has 1 heterocycles. The lowest BCUT2D eigenvalue weighted by Gasteiger charge is -2.17. The van der Waals surface area contributed by atoms with E-state index in [0.717, 1.165) is 0 Å². The third kappa shape index (κ3) is 2.02. The van der Waals surface area contributed by atoms with Crippen LogP contribution in [0.2, 0.25) is 0 Å². The van der Waals surface area contributed by atoms with Gasteiger partial charge >= 0.3 is 0 Å². The summed E-state index contributed by atoms with van der Waals surface area (Å²) in [5.74, 6) is -2.09. The lowest BCUT2D eigenvalue weighted by atomic mass is 9.84. The van der Waals surface area contributed by atoms with Crippen molar-refractivity contribution in [1.29, 1.82) is 0 Å². The summed E-state index contributed by atoms with van der Waals surface area (Å²) in [7, 11) is 0. The predicted molar refractivity (Wildman–Crippen MR) is 50.2 cm³/mol. The summed E-state index contributed by atoms with van der Waals surface area (Å²) in [4.78, 5) is 34.7. The molecule has 0 aromatic carbocycles. The van der Waals surface area contributed by atoms with Gasteiger partial charge in [0.15, 0.2) is 17.3 Å². The first-order valence-corrected chi connectivity index (χ1v) is 4.97. The molecular weight excluding hydrogens is 212 g/mol. The van der Waals surface area contributed by atoms with Crippen LogP contribution in [0.5, 0.6) is 0 Å². The Hall–Kier alpha value is -1.92. The van der Waals surface area contributed by atoms with Crippen LogP contribution >= 0.6 is 0 Å². The monoisotopic (exact) mass is 222 g/mol. The minimum atomic E-state index is -1.10. The maximum absolute atomic E-state index is 11.7. The zero-order chi connectivity index (χ0) is 11.5. The molecule has 1 aliphatic rings. The highest BCUT2D eigenvalue weighted by atomic mass is 16.2. The molecule has 0 amide bonds. The maximum atomic E-state index is 11.7. The molecule has 1 aromatic rings. The molecule has 1 saturated carbocycles. The van der Waals surface area contributed by atoms with E-state index < -0.39 is 11.7 Å². The van der Waals surface area contributed by atoms with E-state index in [1.807, 2.05) is 0 Å². The van der Waals surface area contributed by atoms with Gasteiger partial charge in [0.25, 0.3) is 0 Å². The average molecular weight is 222 g/mol. The van der Waals surface area contributed by atoms with Crippen molar-refractivity contribution in [3.05, 3.63) is 6.33 Å². The van der Waals surface area contributed by atoms with Crippen LogP contribution in [-0.4, -0.2) is 37.6 Å². The number of aromatic nitrogens is 4. The third-order valence-corrected chi connectivity index (χ3v) is 2.52. The molecule has 7 nitrogen and oxygen atoms in total. The van der Waals surface area contributed by atoms with Crippen molar-refractivity contribution < 1.29 is 14.4 Å². The van der Waals surface area contributed by atoms with Crippen LogP contribution in [0.4, 0.5) is 0 Å². The van der Waals surface area contributed by atoms with Crippen LogP contribution in [0.15, 0.2) is 6.33 Å². The van der Waals surface area contributed by atoms with Crippen LogP contribution in [0.25, 0.3) is 0 Å². The Morgan fingerprint density at radius 1 is 1.38 bits per heavy atom. The van der Waals surface area contributed by atoms with Gasteiger partial charge in [0, 0.05) is 12.8 Å². The van der Waals surface area contributed by atoms with Crippen molar-refractivity contribution in [3.63, 3.8) is 0 Å². The van der Waals surface area contributed by atoms with E-state index in [1.165, 1.54) is 11.0 Å². The molecule has 2 rings (SSSR count). The second-order valence-corrected chi connectivity index (χ2v) is 3.69. The van der Waals surface area contributed by atoms with E-state index >= 15 is 0 Å². The molecule has 1 aromatic heterocycles. The Kier molecular flexibility index (Phi) is 2.84. The quantitative estimate of drug-likeness (QED) is 0.620. The van der Waals surface area contributed by atoms with Gasteiger partial charge in [-0.2, -0.15) is 0 Å². The molecule has 0 radical (unpaired) electrons. The normalized spacial score (nSPS) is 17.8. The number of carbonyl (C=O) groups excluding carboxylic acids is 3. The minimum Gasteiger partial charge on any atom is -0.298 e. The predicted octanol–water partition coefficient (Wildman–Crippen LogP) is -0.820. The summed E-state index contributed by atoms with van der Waals surface area (Å²) in [5, 5.41) is 10.3. The summed E-state index contributed by atoms with van der Waals surface area (Å²) < 4.78 is 1.21. The molecule has 0 saturated heterocycles. The number of rotatable bonds is 3. The molecule has 0 spiro atoms. The van der Waals surface area contributed by atoms with Gasteiger partial charge in [-0.05, 0) is 16.8 Å². The van der Waals surface area contributed by atoms with Crippen LogP contribution < -0.4 is 0 Å². The SMILES string of the molecule is O=C1CCCC(=O)C1C(=O)Cn1cnnn1. The molecule has 7 heteroatoms. The Labute approximate surface area is 90.8 Å². The minimum absolute atomic E-state index is 0.130. The fourth-order valence-electron chi connectivity index (χ4n) is 1.77.